The van der Waals surface area contributed by atoms with E-state index in [9.17, 15) is 14.4 Å². The van der Waals surface area contributed by atoms with E-state index in [0.29, 0.717) is 6.42 Å². The Morgan fingerprint density at radius 3 is 1.56 bits per heavy atom. The average Bonchev–Trinajstić information content (AvgIpc) is 2.13. The van der Waals surface area contributed by atoms with E-state index in [4.69, 9.17) is 17.7 Å². The van der Waals surface area contributed by atoms with Gasteiger partial charge >= 0.3 is 9.05 Å². The van der Waals surface area contributed by atoms with Crippen molar-refractivity contribution in [2.45, 2.75) is 40.5 Å². The Labute approximate surface area is 107 Å². The molecule has 0 aliphatic rings. The van der Waals surface area contributed by atoms with Crippen LogP contribution in [-0.4, -0.2) is 33.6 Å². The highest BCUT2D eigenvalue weighted by atomic mass is 28.4. The molecule has 0 rings (SSSR count). The third-order valence-corrected chi connectivity index (χ3v) is 3.75. The Kier molecular flexibility index (Phi) is 7.21. The maximum Gasteiger partial charge on any atom is 0.899 e. The molecule has 0 bridgehead atoms. The van der Waals surface area contributed by atoms with Crippen LogP contribution in [0.2, 0.25) is 0 Å². The van der Waals surface area contributed by atoms with E-state index in [1.54, 1.807) is 0 Å². The van der Waals surface area contributed by atoms with Gasteiger partial charge in [0.25, 0.3) is 17.9 Å². The molecule has 0 saturated carbocycles. The predicted molar refractivity (Wildman–Crippen MR) is 61.9 cm³/mol. The van der Waals surface area contributed by atoms with Gasteiger partial charge in [-0.25, -0.2) is 0 Å². The van der Waals surface area contributed by atoms with Crippen molar-refractivity contribution < 1.29 is 32.1 Å². The molecule has 0 amide bonds. The van der Waals surface area contributed by atoms with E-state index in [0.717, 1.165) is 27.2 Å². The summed E-state index contributed by atoms with van der Waals surface area (Å²) in [6, 6.07) is 0. The molecule has 0 aromatic carbocycles. The minimum atomic E-state index is -4.07. The zero-order valence-electron chi connectivity index (χ0n) is 11.0. The van der Waals surface area contributed by atoms with Crippen molar-refractivity contribution in [3.05, 3.63) is 0 Å². The maximum atomic E-state index is 11.0. The summed E-state index contributed by atoms with van der Waals surface area (Å²) < 4.78 is 19.6. The molecule has 0 N–H and O–H groups in total. The van der Waals surface area contributed by atoms with Crippen molar-refractivity contribution in [1.29, 1.82) is 0 Å². The first-order valence-electron chi connectivity index (χ1n) is 5.54. The summed E-state index contributed by atoms with van der Waals surface area (Å²) in [6.07, 6.45) is 1.48. The van der Waals surface area contributed by atoms with Gasteiger partial charge in [0.1, 0.15) is 0 Å². The van der Waals surface area contributed by atoms with Gasteiger partial charge in [0.05, 0.1) is 0 Å². The molecule has 0 atom stereocenters. The lowest BCUT2D eigenvalue weighted by Gasteiger charge is -2.24. The number of hydrogen-bond donors (Lipinski definition) is 0. The zero-order valence-corrected chi connectivity index (χ0v) is 12.0. The zero-order chi connectivity index (χ0) is 14.2. The summed E-state index contributed by atoms with van der Waals surface area (Å²) in [5.74, 6) is -2.25. The Hall–Kier alpha value is -1.41. The molecular weight excluding hydrogens is 260 g/mol. The summed E-state index contributed by atoms with van der Waals surface area (Å²) in [4.78, 5) is 33.0. The summed E-state index contributed by atoms with van der Waals surface area (Å²) in [5, 5.41) is 0. The van der Waals surface area contributed by atoms with E-state index >= 15 is 0 Å². The van der Waals surface area contributed by atoms with Crippen LogP contribution in [0.1, 0.15) is 40.5 Å². The highest BCUT2D eigenvalue weighted by Gasteiger charge is 2.57. The largest absolute Gasteiger partial charge is 0.899 e. The summed E-state index contributed by atoms with van der Waals surface area (Å²) >= 11 is 0. The molecule has 0 fully saturated rings. The van der Waals surface area contributed by atoms with Crippen LogP contribution in [0.3, 0.4) is 0 Å². The standard InChI is InChI=1S/C10H18O7Si/c1-5-6-7-14-18(15-8(2)11,16-9(3)12)17-10(4)13/h5-7H2,1-4H3. The lowest BCUT2D eigenvalue weighted by molar-refractivity contribution is -0.156. The van der Waals surface area contributed by atoms with Crippen LogP contribution in [0.4, 0.5) is 0 Å². The molecule has 0 heterocycles. The monoisotopic (exact) mass is 278 g/mol. The van der Waals surface area contributed by atoms with Crippen molar-refractivity contribution in [3.8, 4) is 0 Å². The van der Waals surface area contributed by atoms with Gasteiger partial charge in [-0.2, -0.15) is 0 Å². The van der Waals surface area contributed by atoms with E-state index in [2.05, 4.69) is 0 Å². The molecule has 0 aliphatic carbocycles. The van der Waals surface area contributed by atoms with Crippen LogP contribution in [0.15, 0.2) is 0 Å². The first-order valence-corrected chi connectivity index (χ1v) is 7.17. The minimum absolute atomic E-state index is 0.163. The van der Waals surface area contributed by atoms with E-state index < -0.39 is 27.0 Å². The topological polar surface area (TPSA) is 88.1 Å². The number of carbonyl (C=O) groups excluding carboxylic acids is 3. The van der Waals surface area contributed by atoms with Crippen molar-refractivity contribution in [2.24, 2.45) is 0 Å². The van der Waals surface area contributed by atoms with Crippen LogP contribution in [-0.2, 0) is 32.1 Å². The van der Waals surface area contributed by atoms with Gasteiger partial charge in [-0.3, -0.25) is 14.4 Å². The Bertz CT molecular complexity index is 275. The van der Waals surface area contributed by atoms with Gasteiger partial charge < -0.3 is 17.7 Å². The Morgan fingerprint density at radius 2 is 1.28 bits per heavy atom. The minimum Gasteiger partial charge on any atom is -0.433 e. The Balaban J connectivity index is 4.90. The molecule has 0 spiro atoms. The Morgan fingerprint density at radius 1 is 0.889 bits per heavy atom. The third-order valence-electron chi connectivity index (χ3n) is 1.58. The quantitative estimate of drug-likeness (QED) is 0.505. The second-order valence-electron chi connectivity index (χ2n) is 3.48. The van der Waals surface area contributed by atoms with E-state index in [1.165, 1.54) is 0 Å². The number of hydrogen-bond acceptors (Lipinski definition) is 7. The van der Waals surface area contributed by atoms with Crippen LogP contribution < -0.4 is 0 Å². The molecule has 0 unspecified atom stereocenters. The first-order chi connectivity index (χ1) is 8.31. The fourth-order valence-corrected chi connectivity index (χ4v) is 2.77. The molecule has 0 aliphatic heterocycles. The van der Waals surface area contributed by atoms with Crippen molar-refractivity contribution in [1.82, 2.24) is 0 Å². The number of unbranched alkanes of at least 4 members (excludes halogenated alkanes) is 1. The SMILES string of the molecule is CCCCO[Si](OC(C)=O)(OC(C)=O)OC(C)=O. The van der Waals surface area contributed by atoms with E-state index in [-0.39, 0.29) is 6.61 Å². The van der Waals surface area contributed by atoms with Crippen LogP contribution in [0.25, 0.3) is 0 Å². The maximum absolute atomic E-state index is 11.0. The molecule has 0 saturated heterocycles. The van der Waals surface area contributed by atoms with Gasteiger partial charge in [0, 0.05) is 27.4 Å². The van der Waals surface area contributed by atoms with Gasteiger partial charge in [0.15, 0.2) is 0 Å². The predicted octanol–water partition coefficient (Wildman–Crippen LogP) is 0.928. The van der Waals surface area contributed by atoms with Gasteiger partial charge in [0.2, 0.25) is 0 Å². The van der Waals surface area contributed by atoms with Gasteiger partial charge in [-0.05, 0) is 6.42 Å². The average molecular weight is 278 g/mol. The summed E-state index contributed by atoms with van der Waals surface area (Å²) in [7, 11) is -4.07. The lowest BCUT2D eigenvalue weighted by atomic mass is 10.4. The molecule has 18 heavy (non-hydrogen) atoms. The van der Waals surface area contributed by atoms with Crippen LogP contribution in [0.5, 0.6) is 0 Å². The van der Waals surface area contributed by atoms with Gasteiger partial charge in [-0.1, -0.05) is 13.3 Å². The molecule has 8 heteroatoms. The van der Waals surface area contributed by atoms with E-state index in [1.807, 2.05) is 6.92 Å². The number of rotatable bonds is 7. The first kappa shape index (κ1) is 16.6. The fraction of sp³-hybridized carbons (Fsp3) is 0.700. The molecule has 7 nitrogen and oxygen atoms in total. The number of carbonyl (C=O) groups is 3. The molecule has 0 aromatic rings. The van der Waals surface area contributed by atoms with Crippen molar-refractivity contribution >= 4 is 27.0 Å². The van der Waals surface area contributed by atoms with Crippen LogP contribution in [0, 0.1) is 0 Å². The normalized spacial score (nSPS) is 10.7. The highest BCUT2D eigenvalue weighted by Crippen LogP contribution is 2.14. The fourth-order valence-electron chi connectivity index (χ4n) is 1.02. The van der Waals surface area contributed by atoms with Crippen molar-refractivity contribution in [2.75, 3.05) is 6.61 Å². The lowest BCUT2D eigenvalue weighted by Crippen LogP contribution is -2.52. The molecule has 104 valence electrons. The summed E-state index contributed by atoms with van der Waals surface area (Å²) in [6.45, 7) is 5.42. The summed E-state index contributed by atoms with van der Waals surface area (Å²) in [5.41, 5.74) is 0. The van der Waals surface area contributed by atoms with Crippen LogP contribution >= 0.6 is 0 Å². The highest BCUT2D eigenvalue weighted by molar-refractivity contribution is 6.59. The molecular formula is C10H18O7Si. The molecule has 0 radical (unpaired) electrons. The smallest absolute Gasteiger partial charge is 0.433 e. The van der Waals surface area contributed by atoms with Gasteiger partial charge in [-0.15, -0.1) is 0 Å². The third kappa shape index (κ3) is 7.02. The van der Waals surface area contributed by atoms with Crippen molar-refractivity contribution in [3.63, 3.8) is 0 Å². The second-order valence-corrected chi connectivity index (χ2v) is 5.38. The second kappa shape index (κ2) is 7.83. The molecule has 0 aromatic heterocycles.